The largest absolute Gasteiger partial charge is 0.495 e. The Hall–Kier alpha value is -2.19. The molecule has 2 aromatic rings. The Balaban J connectivity index is 2.15. The van der Waals surface area contributed by atoms with E-state index in [0.29, 0.717) is 5.69 Å². The van der Waals surface area contributed by atoms with Crippen molar-refractivity contribution >= 4 is 10.0 Å². The molecular formula is C15H19N3O4S. The molecule has 0 amide bonds. The predicted octanol–water partition coefficient (Wildman–Crippen LogP) is 0.847. The molecule has 23 heavy (non-hydrogen) atoms. The van der Waals surface area contributed by atoms with Crippen molar-refractivity contribution < 1.29 is 13.2 Å². The molecule has 0 aliphatic carbocycles. The molecule has 0 aliphatic heterocycles. The lowest BCUT2D eigenvalue weighted by Crippen LogP contribution is -2.32. The molecule has 1 aromatic carbocycles. The molecule has 0 fully saturated rings. The van der Waals surface area contributed by atoms with Crippen molar-refractivity contribution in [1.29, 1.82) is 0 Å². The van der Waals surface area contributed by atoms with Gasteiger partial charge in [-0.15, -0.1) is 0 Å². The minimum Gasteiger partial charge on any atom is -0.495 e. The quantitative estimate of drug-likeness (QED) is 0.844. The molecule has 0 spiro atoms. The summed E-state index contributed by atoms with van der Waals surface area (Å²) in [5.41, 5.74) is 1.22. The van der Waals surface area contributed by atoms with Crippen LogP contribution in [0.3, 0.4) is 0 Å². The van der Waals surface area contributed by atoms with Crippen molar-refractivity contribution in [2.24, 2.45) is 0 Å². The van der Waals surface area contributed by atoms with Gasteiger partial charge in [0.2, 0.25) is 10.0 Å². The monoisotopic (exact) mass is 337 g/mol. The number of hydrogen-bond acceptors (Lipinski definition) is 5. The summed E-state index contributed by atoms with van der Waals surface area (Å²) in [5, 5.41) is 4.06. The normalized spacial score (nSPS) is 11.4. The Morgan fingerprint density at radius 2 is 1.96 bits per heavy atom. The zero-order valence-electron chi connectivity index (χ0n) is 13.2. The van der Waals surface area contributed by atoms with Crippen molar-refractivity contribution in [3.8, 4) is 5.75 Å². The van der Waals surface area contributed by atoms with Crippen LogP contribution in [0.4, 0.5) is 0 Å². The van der Waals surface area contributed by atoms with Crippen LogP contribution in [-0.4, -0.2) is 31.9 Å². The molecule has 8 heteroatoms. The Kier molecular flexibility index (Phi) is 5.17. The van der Waals surface area contributed by atoms with Crippen LogP contribution >= 0.6 is 0 Å². The third-order valence-electron chi connectivity index (χ3n) is 3.22. The highest BCUT2D eigenvalue weighted by molar-refractivity contribution is 7.89. The number of hydrogen-bond donors (Lipinski definition) is 1. The lowest BCUT2D eigenvalue weighted by molar-refractivity contribution is 0.402. The highest BCUT2D eigenvalue weighted by atomic mass is 32.2. The highest BCUT2D eigenvalue weighted by Crippen LogP contribution is 2.24. The second-order valence-electron chi connectivity index (χ2n) is 5.09. The van der Waals surface area contributed by atoms with E-state index < -0.39 is 10.0 Å². The number of aromatic nitrogens is 2. The van der Waals surface area contributed by atoms with Crippen molar-refractivity contribution in [3.05, 3.63) is 51.9 Å². The Morgan fingerprint density at radius 1 is 1.22 bits per heavy atom. The van der Waals surface area contributed by atoms with E-state index in [1.165, 1.54) is 23.9 Å². The van der Waals surface area contributed by atoms with E-state index in [9.17, 15) is 13.2 Å². The van der Waals surface area contributed by atoms with E-state index in [0.717, 1.165) is 5.56 Å². The minimum atomic E-state index is -3.74. The van der Waals surface area contributed by atoms with Crippen LogP contribution in [0, 0.1) is 13.8 Å². The van der Waals surface area contributed by atoms with Gasteiger partial charge in [0.15, 0.2) is 0 Å². The summed E-state index contributed by atoms with van der Waals surface area (Å²) in [5.74, 6) is 0.272. The maximum atomic E-state index is 12.4. The van der Waals surface area contributed by atoms with Crippen LogP contribution in [0.1, 0.15) is 11.3 Å². The van der Waals surface area contributed by atoms with Crippen LogP contribution < -0.4 is 15.0 Å². The first-order valence-electron chi connectivity index (χ1n) is 7.02. The van der Waals surface area contributed by atoms with Crippen molar-refractivity contribution in [2.45, 2.75) is 25.3 Å². The zero-order chi connectivity index (χ0) is 17.0. The summed E-state index contributed by atoms with van der Waals surface area (Å²) in [6.07, 6.45) is 0. The number of aryl methyl sites for hydroxylation is 2. The van der Waals surface area contributed by atoms with Crippen LogP contribution in [0.2, 0.25) is 0 Å². The first kappa shape index (κ1) is 17.2. The number of nitrogens with one attached hydrogen (secondary N) is 1. The van der Waals surface area contributed by atoms with E-state index in [-0.39, 0.29) is 29.3 Å². The van der Waals surface area contributed by atoms with Gasteiger partial charge in [0, 0.05) is 12.6 Å². The van der Waals surface area contributed by atoms with E-state index >= 15 is 0 Å². The van der Waals surface area contributed by atoms with Crippen LogP contribution in [-0.2, 0) is 16.6 Å². The van der Waals surface area contributed by atoms with Crippen molar-refractivity contribution in [2.75, 3.05) is 13.7 Å². The molecule has 0 unspecified atom stereocenters. The molecule has 0 atom stereocenters. The lowest BCUT2D eigenvalue weighted by Gasteiger charge is -2.12. The van der Waals surface area contributed by atoms with Gasteiger partial charge in [-0.3, -0.25) is 4.79 Å². The van der Waals surface area contributed by atoms with Gasteiger partial charge in [-0.25, -0.2) is 17.8 Å². The van der Waals surface area contributed by atoms with Gasteiger partial charge < -0.3 is 4.74 Å². The van der Waals surface area contributed by atoms with Crippen LogP contribution in [0.5, 0.6) is 5.75 Å². The maximum Gasteiger partial charge on any atom is 0.266 e. The lowest BCUT2D eigenvalue weighted by atomic mass is 10.2. The zero-order valence-corrected chi connectivity index (χ0v) is 14.1. The number of sulfonamides is 1. The Bertz CT molecular complexity index is 859. The van der Waals surface area contributed by atoms with Gasteiger partial charge in [-0.1, -0.05) is 6.07 Å². The molecule has 0 bridgehead atoms. The fourth-order valence-corrected chi connectivity index (χ4v) is 3.34. The number of benzene rings is 1. The van der Waals surface area contributed by atoms with Crippen molar-refractivity contribution in [1.82, 2.24) is 14.5 Å². The van der Waals surface area contributed by atoms with Gasteiger partial charge in [0.25, 0.3) is 5.56 Å². The highest BCUT2D eigenvalue weighted by Gasteiger charge is 2.19. The number of ether oxygens (including phenoxy) is 1. The summed E-state index contributed by atoms with van der Waals surface area (Å²) >= 11 is 0. The Labute approximate surface area is 135 Å². The summed E-state index contributed by atoms with van der Waals surface area (Å²) < 4.78 is 33.6. The van der Waals surface area contributed by atoms with Crippen molar-refractivity contribution in [3.63, 3.8) is 0 Å². The molecule has 2 rings (SSSR count). The van der Waals surface area contributed by atoms with Crippen LogP contribution in [0.25, 0.3) is 0 Å². The fourth-order valence-electron chi connectivity index (χ4n) is 2.07. The third-order valence-corrected chi connectivity index (χ3v) is 4.71. The first-order chi connectivity index (χ1) is 10.8. The van der Waals surface area contributed by atoms with E-state index in [1.54, 1.807) is 32.0 Å². The smallest absolute Gasteiger partial charge is 0.266 e. The van der Waals surface area contributed by atoms with Gasteiger partial charge in [0.1, 0.15) is 10.6 Å². The third kappa shape index (κ3) is 4.17. The molecular weight excluding hydrogens is 318 g/mol. The molecule has 0 saturated carbocycles. The summed E-state index contributed by atoms with van der Waals surface area (Å²) in [7, 11) is -2.32. The van der Waals surface area contributed by atoms with Gasteiger partial charge in [-0.05, 0) is 37.6 Å². The molecule has 0 radical (unpaired) electrons. The van der Waals surface area contributed by atoms with E-state index in [4.69, 9.17) is 4.74 Å². The van der Waals surface area contributed by atoms with Crippen LogP contribution in [0.15, 0.2) is 40.0 Å². The second kappa shape index (κ2) is 6.93. The standard InChI is InChI=1S/C15H19N3O4S/c1-11-4-6-13(22-3)14(10-11)23(20,21)16-8-9-18-15(19)7-5-12(2)17-18/h4-7,10,16H,8-9H2,1-3H3. The Morgan fingerprint density at radius 3 is 2.65 bits per heavy atom. The van der Waals surface area contributed by atoms with Gasteiger partial charge in [-0.2, -0.15) is 5.10 Å². The second-order valence-corrected chi connectivity index (χ2v) is 6.82. The summed E-state index contributed by atoms with van der Waals surface area (Å²) in [6.45, 7) is 3.76. The number of methoxy groups -OCH3 is 1. The molecule has 124 valence electrons. The molecule has 0 saturated heterocycles. The fraction of sp³-hybridized carbons (Fsp3) is 0.333. The molecule has 1 heterocycles. The molecule has 1 N–H and O–H groups in total. The SMILES string of the molecule is COc1ccc(C)cc1S(=O)(=O)NCCn1nc(C)ccc1=O. The maximum absolute atomic E-state index is 12.4. The summed E-state index contributed by atoms with van der Waals surface area (Å²) in [4.78, 5) is 11.7. The topological polar surface area (TPSA) is 90.3 Å². The summed E-state index contributed by atoms with van der Waals surface area (Å²) in [6, 6.07) is 7.93. The number of rotatable bonds is 6. The van der Waals surface area contributed by atoms with Gasteiger partial charge in [0.05, 0.1) is 19.3 Å². The predicted molar refractivity (Wildman–Crippen MR) is 86.2 cm³/mol. The average Bonchev–Trinajstić information content (AvgIpc) is 2.50. The minimum absolute atomic E-state index is 0.0514. The van der Waals surface area contributed by atoms with Gasteiger partial charge >= 0.3 is 0 Å². The molecule has 7 nitrogen and oxygen atoms in total. The van der Waals surface area contributed by atoms with E-state index in [1.807, 2.05) is 0 Å². The number of nitrogens with zero attached hydrogens (tertiary/aromatic N) is 2. The average molecular weight is 337 g/mol. The van der Waals surface area contributed by atoms with E-state index in [2.05, 4.69) is 9.82 Å². The molecule has 1 aromatic heterocycles. The molecule has 0 aliphatic rings. The first-order valence-corrected chi connectivity index (χ1v) is 8.51.